The van der Waals surface area contributed by atoms with Gasteiger partial charge in [0.15, 0.2) is 0 Å². The van der Waals surface area contributed by atoms with Gasteiger partial charge in [-0.3, -0.25) is 9.59 Å². The molecule has 126 valence electrons. The predicted octanol–water partition coefficient (Wildman–Crippen LogP) is 3.69. The molecule has 24 heavy (non-hydrogen) atoms. The monoisotopic (exact) mass is 382 g/mol. The molecule has 0 radical (unpaired) electrons. The van der Waals surface area contributed by atoms with Crippen molar-refractivity contribution in [2.24, 2.45) is 0 Å². The second-order valence-corrected chi connectivity index (χ2v) is 7.89. The molecule has 0 aliphatic carbocycles. The number of amides is 1. The summed E-state index contributed by atoms with van der Waals surface area (Å²) in [5, 5.41) is 2.85. The van der Waals surface area contributed by atoms with Crippen molar-refractivity contribution in [1.82, 2.24) is 4.98 Å². The summed E-state index contributed by atoms with van der Waals surface area (Å²) in [5.74, 6) is -0.577. The molecule has 1 aliphatic rings. The van der Waals surface area contributed by atoms with Crippen molar-refractivity contribution >= 4 is 52.3 Å². The van der Waals surface area contributed by atoms with E-state index in [9.17, 15) is 9.59 Å². The van der Waals surface area contributed by atoms with Crippen LogP contribution in [0.3, 0.4) is 0 Å². The molecule has 1 amide bonds. The highest BCUT2D eigenvalue weighted by atomic mass is 35.5. The molecule has 0 spiro atoms. The van der Waals surface area contributed by atoms with Crippen LogP contribution in [0.5, 0.6) is 0 Å². The third kappa shape index (κ3) is 4.09. The Bertz CT molecular complexity index is 778. The fourth-order valence-corrected chi connectivity index (χ4v) is 4.30. The summed E-state index contributed by atoms with van der Waals surface area (Å²) >= 11 is 8.82. The summed E-state index contributed by atoms with van der Waals surface area (Å²) in [6.45, 7) is 2.23. The Morgan fingerprint density at radius 3 is 3.04 bits per heavy atom. The summed E-state index contributed by atoms with van der Waals surface area (Å²) in [5.41, 5.74) is 3.43. The average molecular weight is 383 g/mol. The van der Waals surface area contributed by atoms with Crippen LogP contribution in [0.15, 0.2) is 28.6 Å². The molecule has 1 atom stereocenters. The second-order valence-electron chi connectivity index (χ2n) is 5.27. The first-order valence-electron chi connectivity index (χ1n) is 7.34. The Kier molecular flexibility index (Phi) is 5.43. The van der Waals surface area contributed by atoms with Crippen LogP contribution in [-0.4, -0.2) is 28.7 Å². The highest BCUT2D eigenvalue weighted by Crippen LogP contribution is 2.38. The van der Waals surface area contributed by atoms with E-state index < -0.39 is 5.25 Å². The summed E-state index contributed by atoms with van der Waals surface area (Å²) in [6.07, 6.45) is 0.688. The predicted molar refractivity (Wildman–Crippen MR) is 95.9 cm³/mol. The Balaban J connectivity index is 1.52. The molecule has 0 saturated carbocycles. The molecule has 1 N–H and O–H groups in total. The maximum absolute atomic E-state index is 12.1. The number of nitrogens with one attached hydrogen (secondary N) is 1. The molecule has 2 heterocycles. The van der Waals surface area contributed by atoms with E-state index in [-0.39, 0.29) is 18.3 Å². The first kappa shape index (κ1) is 17.3. The van der Waals surface area contributed by atoms with Crippen molar-refractivity contribution in [1.29, 1.82) is 0 Å². The number of hydrogen-bond donors (Lipinski definition) is 1. The van der Waals surface area contributed by atoms with E-state index in [1.807, 2.05) is 13.0 Å². The molecule has 0 unspecified atom stereocenters. The normalized spacial score (nSPS) is 16.4. The Hall–Kier alpha value is -1.57. The van der Waals surface area contributed by atoms with Crippen molar-refractivity contribution in [2.45, 2.75) is 29.9 Å². The number of hydrogen-bond acceptors (Lipinski definition) is 6. The minimum absolute atomic E-state index is 0.0419. The van der Waals surface area contributed by atoms with Gasteiger partial charge in [0.05, 0.1) is 35.2 Å². The number of thioether (sulfide) groups is 1. The lowest BCUT2D eigenvalue weighted by atomic mass is 10.2. The minimum Gasteiger partial charge on any atom is -0.465 e. The molecule has 8 heteroatoms. The molecule has 0 bridgehead atoms. The standard InChI is InChI=1S/C16H15ClN2O3S2/c1-9-12(23-8-18-9)4-5-22-15(20)7-14-16(21)19-11-6-10(17)2-3-13(11)24-14/h2-3,6,8,14H,4-5,7H2,1H3,(H,19,21)/t14-/m1/s1. The van der Waals surface area contributed by atoms with Gasteiger partial charge in [0.25, 0.3) is 0 Å². The van der Waals surface area contributed by atoms with Crippen LogP contribution >= 0.6 is 34.7 Å². The van der Waals surface area contributed by atoms with E-state index in [1.165, 1.54) is 11.8 Å². The first-order valence-corrected chi connectivity index (χ1v) is 9.48. The van der Waals surface area contributed by atoms with E-state index in [4.69, 9.17) is 16.3 Å². The van der Waals surface area contributed by atoms with Gasteiger partial charge >= 0.3 is 5.97 Å². The molecule has 2 aromatic rings. The van der Waals surface area contributed by atoms with E-state index in [0.717, 1.165) is 15.5 Å². The van der Waals surface area contributed by atoms with E-state index in [2.05, 4.69) is 10.3 Å². The number of thiazole rings is 1. The van der Waals surface area contributed by atoms with Gasteiger partial charge in [-0.1, -0.05) is 11.6 Å². The second kappa shape index (κ2) is 7.55. The van der Waals surface area contributed by atoms with Gasteiger partial charge in [0.1, 0.15) is 0 Å². The van der Waals surface area contributed by atoms with Crippen molar-refractivity contribution in [3.05, 3.63) is 39.3 Å². The number of benzene rings is 1. The third-order valence-corrected chi connectivity index (χ3v) is 6.06. The zero-order chi connectivity index (χ0) is 17.1. The fourth-order valence-electron chi connectivity index (χ4n) is 2.29. The average Bonchev–Trinajstić information content (AvgIpc) is 2.94. The number of nitrogens with zero attached hydrogens (tertiary/aromatic N) is 1. The maximum atomic E-state index is 12.1. The van der Waals surface area contributed by atoms with Gasteiger partial charge in [0.2, 0.25) is 5.91 Å². The van der Waals surface area contributed by atoms with E-state index in [0.29, 0.717) is 23.7 Å². The Labute approximate surface area is 152 Å². The molecule has 1 aromatic heterocycles. The SMILES string of the molecule is Cc1ncsc1CCOC(=O)C[C@H]1Sc2ccc(Cl)cc2NC1=O. The molecule has 3 rings (SSSR count). The van der Waals surface area contributed by atoms with Crippen LogP contribution in [-0.2, 0) is 20.7 Å². The lowest BCUT2D eigenvalue weighted by Gasteiger charge is -2.23. The number of carbonyl (C=O) groups is 2. The number of rotatable bonds is 5. The molecule has 1 aromatic carbocycles. The number of aryl methyl sites for hydroxylation is 1. The smallest absolute Gasteiger partial charge is 0.307 e. The van der Waals surface area contributed by atoms with Gasteiger partial charge in [0, 0.05) is 21.2 Å². The van der Waals surface area contributed by atoms with E-state index >= 15 is 0 Å². The van der Waals surface area contributed by atoms with Crippen LogP contribution in [0.2, 0.25) is 5.02 Å². The van der Waals surface area contributed by atoms with Crippen molar-refractivity contribution in [3.8, 4) is 0 Å². The number of esters is 1. The fraction of sp³-hybridized carbons (Fsp3) is 0.312. The van der Waals surface area contributed by atoms with Gasteiger partial charge in [-0.25, -0.2) is 4.98 Å². The molecule has 1 aliphatic heterocycles. The first-order chi connectivity index (χ1) is 11.5. The highest BCUT2D eigenvalue weighted by Gasteiger charge is 2.29. The summed E-state index contributed by atoms with van der Waals surface area (Å²) in [4.78, 5) is 30.3. The number of anilines is 1. The number of aromatic nitrogens is 1. The highest BCUT2D eigenvalue weighted by molar-refractivity contribution is 8.01. The number of fused-ring (bicyclic) bond motifs is 1. The maximum Gasteiger partial charge on any atom is 0.307 e. The number of ether oxygens (including phenoxy) is 1. The zero-order valence-corrected chi connectivity index (χ0v) is 15.3. The van der Waals surface area contributed by atoms with Crippen molar-refractivity contribution < 1.29 is 14.3 Å². The number of halogens is 1. The van der Waals surface area contributed by atoms with Crippen LogP contribution in [0, 0.1) is 6.92 Å². The lowest BCUT2D eigenvalue weighted by Crippen LogP contribution is -2.31. The minimum atomic E-state index is -0.490. The van der Waals surface area contributed by atoms with Crippen LogP contribution in [0.25, 0.3) is 0 Å². The molecular formula is C16H15ClN2O3S2. The zero-order valence-electron chi connectivity index (χ0n) is 12.9. The largest absolute Gasteiger partial charge is 0.465 e. The Morgan fingerprint density at radius 1 is 1.46 bits per heavy atom. The molecule has 0 saturated heterocycles. The summed E-state index contributed by atoms with van der Waals surface area (Å²) in [7, 11) is 0. The van der Waals surface area contributed by atoms with Gasteiger partial charge in [-0.2, -0.15) is 0 Å². The summed E-state index contributed by atoms with van der Waals surface area (Å²) in [6, 6.07) is 5.30. The van der Waals surface area contributed by atoms with Crippen molar-refractivity contribution in [3.63, 3.8) is 0 Å². The van der Waals surface area contributed by atoms with Crippen LogP contribution in [0.4, 0.5) is 5.69 Å². The van der Waals surface area contributed by atoms with Gasteiger partial charge in [-0.15, -0.1) is 23.1 Å². The third-order valence-electron chi connectivity index (χ3n) is 3.55. The molecule has 5 nitrogen and oxygen atoms in total. The van der Waals surface area contributed by atoms with E-state index in [1.54, 1.807) is 29.0 Å². The topological polar surface area (TPSA) is 68.3 Å². The van der Waals surface area contributed by atoms with Gasteiger partial charge < -0.3 is 10.1 Å². The molecular weight excluding hydrogens is 368 g/mol. The van der Waals surface area contributed by atoms with Crippen molar-refractivity contribution in [2.75, 3.05) is 11.9 Å². The lowest BCUT2D eigenvalue weighted by molar-refractivity contribution is -0.144. The van der Waals surface area contributed by atoms with Crippen LogP contribution in [0.1, 0.15) is 17.0 Å². The number of carbonyl (C=O) groups excluding carboxylic acids is 2. The quantitative estimate of drug-likeness (QED) is 0.798. The van der Waals surface area contributed by atoms with Crippen LogP contribution < -0.4 is 5.32 Å². The Morgan fingerprint density at radius 2 is 2.29 bits per heavy atom. The molecule has 0 fully saturated rings. The van der Waals surface area contributed by atoms with Gasteiger partial charge in [-0.05, 0) is 25.1 Å². The summed E-state index contributed by atoms with van der Waals surface area (Å²) < 4.78 is 5.25.